The van der Waals surface area contributed by atoms with Crippen molar-refractivity contribution in [1.82, 2.24) is 10.4 Å². The van der Waals surface area contributed by atoms with Crippen molar-refractivity contribution >= 4 is 0 Å². The first-order chi connectivity index (χ1) is 4.31. The predicted molar refractivity (Wildman–Crippen MR) is 38.2 cm³/mol. The minimum absolute atomic E-state index is 0.747. The van der Waals surface area contributed by atoms with Crippen molar-refractivity contribution in [2.45, 2.75) is 13.3 Å². The average Bonchev–Trinajstić information content (AvgIpc) is 1.85. The van der Waals surface area contributed by atoms with E-state index in [4.69, 9.17) is 11.7 Å². The highest BCUT2D eigenvalue weighted by atomic mass is 15.4. The van der Waals surface area contributed by atoms with Gasteiger partial charge in [-0.05, 0) is 6.42 Å². The number of hydrazine groups is 2. The molecule has 0 aliphatic rings. The van der Waals surface area contributed by atoms with Crippen LogP contribution in [0.5, 0.6) is 0 Å². The molecule has 0 unspecified atom stereocenters. The van der Waals surface area contributed by atoms with E-state index in [9.17, 15) is 0 Å². The molecular formula is C5H16N4. The third-order valence-electron chi connectivity index (χ3n) is 1.05. The largest absolute Gasteiger partial charge is 0.271 e. The lowest BCUT2D eigenvalue weighted by atomic mass is 10.4. The maximum absolute atomic E-state index is 5.51. The Morgan fingerprint density at radius 2 is 2.11 bits per heavy atom. The number of hydrogen-bond acceptors (Lipinski definition) is 4. The number of nitrogens with zero attached hydrogens (tertiary/aromatic N) is 1. The lowest BCUT2D eigenvalue weighted by Gasteiger charge is -2.13. The highest BCUT2D eigenvalue weighted by Crippen LogP contribution is 1.79. The molecule has 4 nitrogen and oxygen atoms in total. The van der Waals surface area contributed by atoms with Gasteiger partial charge in [0.15, 0.2) is 0 Å². The van der Waals surface area contributed by atoms with E-state index in [1.807, 2.05) is 0 Å². The molecule has 0 saturated heterocycles. The van der Waals surface area contributed by atoms with E-state index in [-0.39, 0.29) is 0 Å². The Bertz CT molecular complexity index is 56.9. The molecule has 0 atom stereocenters. The summed E-state index contributed by atoms with van der Waals surface area (Å²) in [6, 6.07) is 0. The molecule has 0 spiro atoms. The molecule has 4 heteroatoms. The van der Waals surface area contributed by atoms with Crippen LogP contribution in [0.4, 0.5) is 0 Å². The van der Waals surface area contributed by atoms with E-state index in [2.05, 4.69) is 12.3 Å². The van der Waals surface area contributed by atoms with Gasteiger partial charge in [0.25, 0.3) is 0 Å². The van der Waals surface area contributed by atoms with Crippen LogP contribution in [0.25, 0.3) is 0 Å². The molecule has 0 bridgehead atoms. The van der Waals surface area contributed by atoms with Crippen LogP contribution in [-0.2, 0) is 0 Å². The van der Waals surface area contributed by atoms with E-state index >= 15 is 0 Å². The van der Waals surface area contributed by atoms with Gasteiger partial charge in [-0.3, -0.25) is 17.1 Å². The van der Waals surface area contributed by atoms with E-state index in [0.717, 1.165) is 26.1 Å². The topological polar surface area (TPSA) is 67.3 Å². The normalized spacial score (nSPS) is 10.7. The predicted octanol–water partition coefficient (Wildman–Crippen LogP) is -0.965. The van der Waals surface area contributed by atoms with Crippen molar-refractivity contribution < 1.29 is 0 Å². The van der Waals surface area contributed by atoms with Gasteiger partial charge in [0.1, 0.15) is 0 Å². The van der Waals surface area contributed by atoms with Gasteiger partial charge in [0.05, 0.1) is 0 Å². The summed E-state index contributed by atoms with van der Waals surface area (Å²) in [6.07, 6.45) is 1.08. The molecule has 0 aliphatic heterocycles. The van der Waals surface area contributed by atoms with Crippen LogP contribution < -0.4 is 17.1 Å². The zero-order chi connectivity index (χ0) is 7.11. The number of rotatable bonds is 5. The zero-order valence-electron chi connectivity index (χ0n) is 5.93. The fourth-order valence-corrected chi connectivity index (χ4v) is 0.607. The maximum atomic E-state index is 5.51. The minimum atomic E-state index is 0.747. The van der Waals surface area contributed by atoms with Crippen molar-refractivity contribution in [3.8, 4) is 0 Å². The third-order valence-corrected chi connectivity index (χ3v) is 1.05. The Hall–Kier alpha value is -0.160. The molecular weight excluding hydrogens is 116 g/mol. The van der Waals surface area contributed by atoms with E-state index < -0.39 is 0 Å². The average molecular weight is 132 g/mol. The van der Waals surface area contributed by atoms with E-state index in [1.54, 1.807) is 5.01 Å². The Balaban J connectivity index is 2.95. The highest BCUT2D eigenvalue weighted by Gasteiger charge is 1.92. The molecule has 0 heterocycles. The highest BCUT2D eigenvalue weighted by molar-refractivity contribution is 4.46. The second-order valence-electron chi connectivity index (χ2n) is 1.99. The molecule has 0 amide bonds. The van der Waals surface area contributed by atoms with Crippen LogP contribution in [0.15, 0.2) is 0 Å². The molecule has 0 radical (unpaired) electrons. The first-order valence-electron chi connectivity index (χ1n) is 3.24. The molecule has 0 aromatic carbocycles. The van der Waals surface area contributed by atoms with Gasteiger partial charge in [0, 0.05) is 19.6 Å². The SMILES string of the molecule is CCCN(N)CCNN. The van der Waals surface area contributed by atoms with Crippen LogP contribution in [0.2, 0.25) is 0 Å². The quantitative estimate of drug-likeness (QED) is 0.333. The number of nitrogens with one attached hydrogen (secondary N) is 1. The third kappa shape index (κ3) is 5.72. The van der Waals surface area contributed by atoms with Gasteiger partial charge in [0.2, 0.25) is 0 Å². The lowest BCUT2D eigenvalue weighted by Crippen LogP contribution is -2.39. The summed E-state index contributed by atoms with van der Waals surface area (Å²) in [5.74, 6) is 10.5. The monoisotopic (exact) mass is 132 g/mol. The summed E-state index contributed by atoms with van der Waals surface area (Å²) in [7, 11) is 0. The summed E-state index contributed by atoms with van der Waals surface area (Å²) in [5.41, 5.74) is 2.54. The first-order valence-corrected chi connectivity index (χ1v) is 3.24. The van der Waals surface area contributed by atoms with Crippen molar-refractivity contribution in [3.63, 3.8) is 0 Å². The Kier molecular flexibility index (Phi) is 5.86. The summed E-state index contributed by atoms with van der Waals surface area (Å²) >= 11 is 0. The first kappa shape index (κ1) is 8.84. The van der Waals surface area contributed by atoms with Crippen LogP contribution in [-0.4, -0.2) is 24.6 Å². The second kappa shape index (κ2) is 5.97. The fraction of sp³-hybridized carbons (Fsp3) is 1.00. The van der Waals surface area contributed by atoms with Crippen LogP contribution in [0.3, 0.4) is 0 Å². The van der Waals surface area contributed by atoms with Gasteiger partial charge < -0.3 is 0 Å². The Morgan fingerprint density at radius 3 is 2.56 bits per heavy atom. The summed E-state index contributed by atoms with van der Waals surface area (Å²) in [4.78, 5) is 0. The van der Waals surface area contributed by atoms with Crippen molar-refractivity contribution in [2.75, 3.05) is 19.6 Å². The Labute approximate surface area is 56.1 Å². The number of nitrogens with two attached hydrogens (primary N) is 2. The van der Waals surface area contributed by atoms with Gasteiger partial charge in [-0.15, -0.1) is 0 Å². The zero-order valence-corrected chi connectivity index (χ0v) is 5.93. The summed E-state index contributed by atoms with van der Waals surface area (Å²) in [6.45, 7) is 4.58. The van der Waals surface area contributed by atoms with Crippen LogP contribution in [0, 0.1) is 0 Å². The van der Waals surface area contributed by atoms with Gasteiger partial charge >= 0.3 is 0 Å². The van der Waals surface area contributed by atoms with Crippen LogP contribution in [0.1, 0.15) is 13.3 Å². The van der Waals surface area contributed by atoms with Crippen molar-refractivity contribution in [2.24, 2.45) is 11.7 Å². The minimum Gasteiger partial charge on any atom is -0.271 e. The molecule has 0 saturated carbocycles. The van der Waals surface area contributed by atoms with Gasteiger partial charge in [-0.25, -0.2) is 5.01 Å². The second-order valence-corrected chi connectivity index (χ2v) is 1.99. The van der Waals surface area contributed by atoms with E-state index in [0.29, 0.717) is 0 Å². The van der Waals surface area contributed by atoms with Gasteiger partial charge in [-0.2, -0.15) is 0 Å². The van der Waals surface area contributed by atoms with Crippen molar-refractivity contribution in [3.05, 3.63) is 0 Å². The molecule has 0 aromatic heterocycles. The standard InChI is InChI=1S/C5H16N4/c1-2-4-9(7)5-3-8-6/h8H,2-7H2,1H3. The number of hydrogen-bond donors (Lipinski definition) is 3. The fourth-order valence-electron chi connectivity index (χ4n) is 0.607. The maximum Gasteiger partial charge on any atom is 0.0267 e. The summed E-state index contributed by atoms with van der Waals surface area (Å²) in [5, 5.41) is 1.75. The molecule has 0 rings (SSSR count). The van der Waals surface area contributed by atoms with E-state index in [1.165, 1.54) is 0 Å². The molecule has 56 valence electrons. The van der Waals surface area contributed by atoms with Crippen molar-refractivity contribution in [1.29, 1.82) is 0 Å². The molecule has 0 aromatic rings. The Morgan fingerprint density at radius 1 is 1.44 bits per heavy atom. The molecule has 9 heavy (non-hydrogen) atoms. The van der Waals surface area contributed by atoms with Crippen LogP contribution >= 0.6 is 0 Å². The smallest absolute Gasteiger partial charge is 0.0267 e. The molecule has 0 aliphatic carbocycles. The lowest BCUT2D eigenvalue weighted by molar-refractivity contribution is 0.283. The van der Waals surface area contributed by atoms with Gasteiger partial charge in [-0.1, -0.05) is 6.92 Å². The summed E-state index contributed by atoms with van der Waals surface area (Å²) < 4.78 is 0. The molecule has 0 fully saturated rings. The molecule has 5 N–H and O–H groups in total.